The van der Waals surface area contributed by atoms with Crippen molar-refractivity contribution in [2.24, 2.45) is 0 Å². The lowest BCUT2D eigenvalue weighted by molar-refractivity contribution is -0.115. The molecule has 2 aromatic carbocycles. The Balaban J connectivity index is 1.49. The van der Waals surface area contributed by atoms with Gasteiger partial charge in [0.05, 0.1) is 6.54 Å². The molecule has 0 aliphatic rings. The summed E-state index contributed by atoms with van der Waals surface area (Å²) in [5, 5.41) is 5.32. The van der Waals surface area contributed by atoms with Gasteiger partial charge in [0.15, 0.2) is 5.76 Å². The van der Waals surface area contributed by atoms with E-state index in [1.165, 1.54) is 0 Å². The Bertz CT molecular complexity index is 1020. The van der Waals surface area contributed by atoms with Crippen LogP contribution in [0, 0.1) is 20.8 Å². The number of hydrogen-bond acceptors (Lipinski definition) is 4. The van der Waals surface area contributed by atoms with Gasteiger partial charge in [-0.15, -0.1) is 0 Å². The maximum Gasteiger partial charge on any atom is 0.287 e. The minimum Gasteiger partial charge on any atom is -0.485 e. The summed E-state index contributed by atoms with van der Waals surface area (Å²) in [6, 6.07) is 16.6. The van der Waals surface area contributed by atoms with Crippen LogP contribution in [0.5, 0.6) is 5.75 Å². The molecule has 1 aromatic heterocycles. The van der Waals surface area contributed by atoms with E-state index in [1.54, 1.807) is 12.1 Å². The minimum absolute atomic E-state index is 0.132. The number of hydrogen-bond donors (Lipinski definition) is 2. The molecule has 0 unspecified atom stereocenters. The number of aryl methyl sites for hydroxylation is 3. The number of carbonyl (C=O) groups excluding carboxylic acids is 2. The van der Waals surface area contributed by atoms with Crippen LogP contribution in [0.1, 0.15) is 33.0 Å². The Hall–Kier alpha value is -3.54. The Morgan fingerprint density at radius 1 is 0.931 bits per heavy atom. The molecular weight excluding hydrogens is 368 g/mol. The number of carbonyl (C=O) groups is 2. The fourth-order valence-electron chi connectivity index (χ4n) is 2.72. The fraction of sp³-hybridized carbons (Fsp3) is 0.217. The van der Waals surface area contributed by atoms with Crippen LogP contribution in [0.4, 0.5) is 5.69 Å². The van der Waals surface area contributed by atoms with Gasteiger partial charge in [-0.1, -0.05) is 24.3 Å². The van der Waals surface area contributed by atoms with Crippen LogP contribution in [0.15, 0.2) is 59.0 Å². The van der Waals surface area contributed by atoms with E-state index in [2.05, 4.69) is 10.6 Å². The molecule has 3 rings (SSSR count). The average Bonchev–Trinajstić information content (AvgIpc) is 3.17. The van der Waals surface area contributed by atoms with Crippen LogP contribution in [0.2, 0.25) is 0 Å². The third kappa shape index (κ3) is 5.48. The van der Waals surface area contributed by atoms with Gasteiger partial charge < -0.3 is 19.8 Å². The van der Waals surface area contributed by atoms with Gasteiger partial charge in [-0.05, 0) is 67.8 Å². The van der Waals surface area contributed by atoms with E-state index in [0.717, 1.165) is 22.4 Å². The van der Waals surface area contributed by atoms with Crippen molar-refractivity contribution >= 4 is 17.5 Å². The number of benzene rings is 2. The zero-order valence-corrected chi connectivity index (χ0v) is 16.7. The third-order valence-electron chi connectivity index (χ3n) is 4.55. The highest BCUT2D eigenvalue weighted by Gasteiger charge is 2.13. The van der Waals surface area contributed by atoms with Gasteiger partial charge in [0.25, 0.3) is 5.91 Å². The van der Waals surface area contributed by atoms with Gasteiger partial charge in [-0.3, -0.25) is 9.59 Å². The van der Waals surface area contributed by atoms with Gasteiger partial charge in [-0.25, -0.2) is 0 Å². The molecule has 0 aliphatic heterocycles. The molecule has 0 atom stereocenters. The van der Waals surface area contributed by atoms with E-state index in [0.29, 0.717) is 11.4 Å². The zero-order valence-electron chi connectivity index (χ0n) is 16.7. The highest BCUT2D eigenvalue weighted by Crippen LogP contribution is 2.19. The van der Waals surface area contributed by atoms with Crippen molar-refractivity contribution in [2.45, 2.75) is 27.4 Å². The minimum atomic E-state index is -0.456. The van der Waals surface area contributed by atoms with Gasteiger partial charge in [0.1, 0.15) is 18.1 Å². The molecule has 29 heavy (non-hydrogen) atoms. The van der Waals surface area contributed by atoms with Crippen molar-refractivity contribution in [3.63, 3.8) is 0 Å². The molecule has 3 aromatic rings. The van der Waals surface area contributed by atoms with Crippen molar-refractivity contribution in [1.29, 1.82) is 0 Å². The van der Waals surface area contributed by atoms with E-state index in [-0.39, 0.29) is 24.8 Å². The maximum absolute atomic E-state index is 12.2. The lowest BCUT2D eigenvalue weighted by atomic mass is 10.1. The van der Waals surface area contributed by atoms with Crippen LogP contribution < -0.4 is 15.4 Å². The smallest absolute Gasteiger partial charge is 0.287 e. The zero-order chi connectivity index (χ0) is 20.8. The molecular formula is C23H24N2O4. The van der Waals surface area contributed by atoms with E-state index in [4.69, 9.17) is 9.15 Å². The summed E-state index contributed by atoms with van der Waals surface area (Å²) >= 11 is 0. The molecule has 2 N–H and O–H groups in total. The quantitative estimate of drug-likeness (QED) is 0.633. The Morgan fingerprint density at radius 2 is 1.72 bits per heavy atom. The summed E-state index contributed by atoms with van der Waals surface area (Å²) in [5.41, 5.74) is 3.95. The molecule has 0 radical (unpaired) electrons. The second kappa shape index (κ2) is 9.10. The molecule has 0 fully saturated rings. The predicted molar refractivity (Wildman–Crippen MR) is 111 cm³/mol. The van der Waals surface area contributed by atoms with Crippen molar-refractivity contribution in [1.82, 2.24) is 5.32 Å². The molecule has 150 valence electrons. The molecule has 1 heterocycles. The lowest BCUT2D eigenvalue weighted by Gasteiger charge is -2.08. The fourth-order valence-corrected chi connectivity index (χ4v) is 2.72. The van der Waals surface area contributed by atoms with Crippen LogP contribution >= 0.6 is 0 Å². The number of anilines is 1. The van der Waals surface area contributed by atoms with Gasteiger partial charge >= 0.3 is 0 Å². The first-order valence-corrected chi connectivity index (χ1v) is 9.35. The van der Waals surface area contributed by atoms with Crippen LogP contribution in [0.3, 0.4) is 0 Å². The number of amides is 2. The first-order chi connectivity index (χ1) is 13.9. The second-order valence-electron chi connectivity index (χ2n) is 6.85. The monoisotopic (exact) mass is 392 g/mol. The molecule has 2 amide bonds. The summed E-state index contributed by atoms with van der Waals surface area (Å²) in [5.74, 6) is 0.655. The summed E-state index contributed by atoms with van der Waals surface area (Å²) < 4.78 is 11.2. The van der Waals surface area contributed by atoms with Crippen molar-refractivity contribution in [3.8, 4) is 5.75 Å². The number of rotatable bonds is 7. The first kappa shape index (κ1) is 20.2. The van der Waals surface area contributed by atoms with Gasteiger partial charge in [0.2, 0.25) is 5.91 Å². The number of nitrogens with one attached hydrogen (secondary N) is 2. The molecule has 0 bridgehead atoms. The molecule has 6 heteroatoms. The van der Waals surface area contributed by atoms with Crippen molar-refractivity contribution in [2.75, 3.05) is 11.9 Å². The standard InChI is InChI=1S/C23H24N2O4/c1-15-8-9-18(12-17(15)3)25-22(26)13-24-23(27)21-11-10-19(29-21)14-28-20-7-5-4-6-16(20)2/h4-12H,13-14H2,1-3H3,(H,24,27)(H,25,26). The van der Waals surface area contributed by atoms with Crippen LogP contribution in [-0.2, 0) is 11.4 Å². The topological polar surface area (TPSA) is 80.6 Å². The Morgan fingerprint density at radius 3 is 2.48 bits per heavy atom. The molecule has 0 aliphatic carbocycles. The van der Waals surface area contributed by atoms with Gasteiger partial charge in [-0.2, -0.15) is 0 Å². The number of furan rings is 1. The molecule has 6 nitrogen and oxygen atoms in total. The van der Waals surface area contributed by atoms with Crippen LogP contribution in [-0.4, -0.2) is 18.4 Å². The molecule has 0 saturated heterocycles. The van der Waals surface area contributed by atoms with Crippen molar-refractivity contribution in [3.05, 3.63) is 82.8 Å². The SMILES string of the molecule is Cc1ccc(NC(=O)CNC(=O)c2ccc(COc3ccccc3C)o2)cc1C. The summed E-state index contributed by atoms with van der Waals surface area (Å²) in [7, 11) is 0. The normalized spacial score (nSPS) is 10.4. The summed E-state index contributed by atoms with van der Waals surface area (Å²) in [6.45, 7) is 6.00. The van der Waals surface area contributed by atoms with E-state index < -0.39 is 5.91 Å². The van der Waals surface area contributed by atoms with Crippen LogP contribution in [0.25, 0.3) is 0 Å². The van der Waals surface area contributed by atoms with E-state index in [1.807, 2.05) is 63.2 Å². The highest BCUT2D eigenvalue weighted by molar-refractivity contribution is 5.98. The highest BCUT2D eigenvalue weighted by atomic mass is 16.5. The Kier molecular flexibility index (Phi) is 6.34. The Labute approximate surface area is 169 Å². The maximum atomic E-state index is 12.2. The number of ether oxygens (including phenoxy) is 1. The third-order valence-corrected chi connectivity index (χ3v) is 4.55. The van der Waals surface area contributed by atoms with Crippen molar-refractivity contribution < 1.29 is 18.7 Å². The average molecular weight is 392 g/mol. The summed E-state index contributed by atoms with van der Waals surface area (Å²) in [6.07, 6.45) is 0. The molecule has 0 spiro atoms. The lowest BCUT2D eigenvalue weighted by Crippen LogP contribution is -2.32. The predicted octanol–water partition coefficient (Wildman–Crippen LogP) is 4.15. The summed E-state index contributed by atoms with van der Waals surface area (Å²) in [4.78, 5) is 24.3. The number of para-hydroxylation sites is 1. The van der Waals surface area contributed by atoms with E-state index >= 15 is 0 Å². The first-order valence-electron chi connectivity index (χ1n) is 9.35. The molecule has 0 saturated carbocycles. The largest absolute Gasteiger partial charge is 0.485 e. The van der Waals surface area contributed by atoms with Gasteiger partial charge in [0, 0.05) is 5.69 Å². The van der Waals surface area contributed by atoms with E-state index in [9.17, 15) is 9.59 Å². The second-order valence-corrected chi connectivity index (χ2v) is 6.85.